The van der Waals surface area contributed by atoms with Crippen LogP contribution in [0.25, 0.3) is 0 Å². The van der Waals surface area contributed by atoms with Gasteiger partial charge in [0.2, 0.25) is 0 Å². The number of nitrogens with two attached hydrogens (primary N) is 1. The third-order valence-corrected chi connectivity index (χ3v) is 4.40. The number of nitrogens with one attached hydrogen (secondary N) is 1. The van der Waals surface area contributed by atoms with E-state index >= 15 is 0 Å². The zero-order valence-corrected chi connectivity index (χ0v) is 12.2. The van der Waals surface area contributed by atoms with E-state index < -0.39 is 0 Å². The molecule has 0 amide bonds. The fraction of sp³-hybridized carbons (Fsp3) is 1.00. The number of hydrazine groups is 1. The van der Waals surface area contributed by atoms with E-state index in [2.05, 4.69) is 41.1 Å². The Kier molecular flexibility index (Phi) is 4.61. The molecule has 3 N–H and O–H groups in total. The molecule has 5 nitrogen and oxygen atoms in total. The Balaban J connectivity index is 1.89. The normalized spacial score (nSPS) is 32.5. The molecule has 2 fully saturated rings. The largest absolute Gasteiger partial charge is 0.329 e. The molecule has 2 aliphatic heterocycles. The summed E-state index contributed by atoms with van der Waals surface area (Å²) in [6, 6.07) is 0.618. The maximum absolute atomic E-state index is 6.05. The Morgan fingerprint density at radius 2 is 1.83 bits per heavy atom. The van der Waals surface area contributed by atoms with Gasteiger partial charge in [-0.2, -0.15) is 0 Å². The van der Waals surface area contributed by atoms with Gasteiger partial charge in [0, 0.05) is 51.9 Å². The standard InChI is InChI=1S/C13H29N5/c1-12(2)17-5-4-13(10-14,11-17)15-18-8-6-16(3)7-9-18/h12,15H,4-11,14H2,1-3H3. The smallest absolute Gasteiger partial charge is 0.0586 e. The van der Waals surface area contributed by atoms with Gasteiger partial charge >= 0.3 is 0 Å². The monoisotopic (exact) mass is 255 g/mol. The van der Waals surface area contributed by atoms with Crippen LogP contribution in [-0.4, -0.2) is 79.3 Å². The van der Waals surface area contributed by atoms with Crippen LogP contribution in [0, 0.1) is 0 Å². The van der Waals surface area contributed by atoms with Crippen LogP contribution in [0.4, 0.5) is 0 Å². The fourth-order valence-electron chi connectivity index (χ4n) is 2.90. The van der Waals surface area contributed by atoms with Gasteiger partial charge in [-0.05, 0) is 27.3 Å². The van der Waals surface area contributed by atoms with Crippen molar-refractivity contribution in [3.05, 3.63) is 0 Å². The van der Waals surface area contributed by atoms with E-state index in [-0.39, 0.29) is 5.54 Å². The van der Waals surface area contributed by atoms with Crippen LogP contribution in [-0.2, 0) is 0 Å². The molecule has 1 unspecified atom stereocenters. The summed E-state index contributed by atoms with van der Waals surface area (Å²) in [5.74, 6) is 0. The lowest BCUT2D eigenvalue weighted by Gasteiger charge is -2.40. The summed E-state index contributed by atoms with van der Waals surface area (Å²) >= 11 is 0. The van der Waals surface area contributed by atoms with E-state index in [4.69, 9.17) is 5.73 Å². The summed E-state index contributed by atoms with van der Waals surface area (Å²) in [5.41, 5.74) is 9.87. The number of piperazine rings is 1. The van der Waals surface area contributed by atoms with Gasteiger partial charge in [-0.25, -0.2) is 10.4 Å². The van der Waals surface area contributed by atoms with Gasteiger partial charge in [0.25, 0.3) is 0 Å². The van der Waals surface area contributed by atoms with Crippen LogP contribution in [0.2, 0.25) is 0 Å². The molecule has 1 atom stereocenters. The molecule has 5 heteroatoms. The first-order chi connectivity index (χ1) is 8.54. The predicted octanol–water partition coefficient (Wildman–Crippen LogP) is -0.450. The van der Waals surface area contributed by atoms with Crippen LogP contribution in [0.5, 0.6) is 0 Å². The lowest BCUT2D eigenvalue weighted by molar-refractivity contribution is 0.0557. The summed E-state index contributed by atoms with van der Waals surface area (Å²) in [6.45, 7) is 12.0. The van der Waals surface area contributed by atoms with Crippen molar-refractivity contribution in [1.82, 2.24) is 20.2 Å². The van der Waals surface area contributed by atoms with Crippen LogP contribution in [0.1, 0.15) is 20.3 Å². The molecular weight excluding hydrogens is 226 g/mol. The van der Waals surface area contributed by atoms with Gasteiger partial charge in [-0.15, -0.1) is 0 Å². The molecule has 0 spiro atoms. The molecule has 2 saturated heterocycles. The molecule has 0 radical (unpaired) electrons. The van der Waals surface area contributed by atoms with E-state index in [1.165, 1.54) is 0 Å². The van der Waals surface area contributed by atoms with Crippen molar-refractivity contribution in [1.29, 1.82) is 0 Å². The first-order valence-electron chi connectivity index (χ1n) is 7.20. The van der Waals surface area contributed by atoms with Crippen molar-refractivity contribution in [2.24, 2.45) is 5.73 Å². The van der Waals surface area contributed by atoms with Gasteiger partial charge < -0.3 is 10.6 Å². The first-order valence-corrected chi connectivity index (χ1v) is 7.20. The summed E-state index contributed by atoms with van der Waals surface area (Å²) in [7, 11) is 2.19. The summed E-state index contributed by atoms with van der Waals surface area (Å²) < 4.78 is 0. The molecule has 0 bridgehead atoms. The van der Waals surface area contributed by atoms with E-state index in [9.17, 15) is 0 Å². The van der Waals surface area contributed by atoms with Crippen molar-refractivity contribution < 1.29 is 0 Å². The average molecular weight is 255 g/mol. The van der Waals surface area contributed by atoms with Crippen LogP contribution < -0.4 is 11.2 Å². The summed E-state index contributed by atoms with van der Waals surface area (Å²) in [4.78, 5) is 4.90. The van der Waals surface area contributed by atoms with Gasteiger partial charge in [-0.3, -0.25) is 4.90 Å². The van der Waals surface area contributed by atoms with Gasteiger partial charge in [0.1, 0.15) is 0 Å². The SMILES string of the molecule is CC(C)N1CCC(CN)(NN2CCN(C)CC2)C1. The number of likely N-dealkylation sites (N-methyl/N-ethyl adjacent to an activating group) is 1. The first kappa shape index (κ1) is 14.2. The highest BCUT2D eigenvalue weighted by atomic mass is 15.6. The minimum Gasteiger partial charge on any atom is -0.329 e. The Bertz CT molecular complexity index is 262. The number of hydrogen-bond donors (Lipinski definition) is 2. The molecule has 0 saturated carbocycles. The Labute approximate surface area is 111 Å². The van der Waals surface area contributed by atoms with E-state index in [0.717, 1.165) is 52.2 Å². The zero-order chi connectivity index (χ0) is 13.2. The highest BCUT2D eigenvalue weighted by Crippen LogP contribution is 2.22. The van der Waals surface area contributed by atoms with Crippen LogP contribution in [0.15, 0.2) is 0 Å². The minimum atomic E-state index is 0.0974. The Morgan fingerprint density at radius 1 is 1.17 bits per heavy atom. The number of likely N-dealkylation sites (tertiary alicyclic amines) is 1. The van der Waals surface area contributed by atoms with E-state index in [1.54, 1.807) is 0 Å². The molecular formula is C13H29N5. The second kappa shape index (κ2) is 5.84. The number of nitrogens with zero attached hydrogens (tertiary/aromatic N) is 3. The quantitative estimate of drug-likeness (QED) is 0.712. The second-order valence-electron chi connectivity index (χ2n) is 6.20. The molecule has 18 heavy (non-hydrogen) atoms. The lowest BCUT2D eigenvalue weighted by atomic mass is 10.00. The molecule has 2 heterocycles. The third-order valence-electron chi connectivity index (χ3n) is 4.40. The van der Waals surface area contributed by atoms with Gasteiger partial charge in [0.15, 0.2) is 0 Å². The average Bonchev–Trinajstić information content (AvgIpc) is 2.77. The zero-order valence-electron chi connectivity index (χ0n) is 12.2. The highest BCUT2D eigenvalue weighted by molar-refractivity contribution is 4.98. The maximum Gasteiger partial charge on any atom is 0.0586 e. The second-order valence-corrected chi connectivity index (χ2v) is 6.20. The molecule has 2 aliphatic rings. The molecule has 106 valence electrons. The van der Waals surface area contributed by atoms with Crippen molar-refractivity contribution in [3.63, 3.8) is 0 Å². The molecule has 0 aromatic rings. The Hall–Kier alpha value is -0.200. The molecule has 0 aromatic heterocycles. The van der Waals surface area contributed by atoms with Crippen LogP contribution >= 0.6 is 0 Å². The minimum absolute atomic E-state index is 0.0974. The van der Waals surface area contributed by atoms with E-state index in [0.29, 0.717) is 6.04 Å². The van der Waals surface area contributed by atoms with Crippen LogP contribution in [0.3, 0.4) is 0 Å². The fourth-order valence-corrected chi connectivity index (χ4v) is 2.90. The summed E-state index contributed by atoms with van der Waals surface area (Å²) in [5, 5.41) is 2.37. The van der Waals surface area contributed by atoms with Crippen molar-refractivity contribution in [3.8, 4) is 0 Å². The van der Waals surface area contributed by atoms with Crippen molar-refractivity contribution in [2.45, 2.75) is 31.8 Å². The number of rotatable bonds is 4. The molecule has 2 rings (SSSR count). The molecule has 0 aromatic carbocycles. The van der Waals surface area contributed by atoms with Crippen molar-refractivity contribution in [2.75, 3.05) is 52.9 Å². The predicted molar refractivity (Wildman–Crippen MR) is 75.3 cm³/mol. The maximum atomic E-state index is 6.05. The Morgan fingerprint density at radius 3 is 2.33 bits per heavy atom. The highest BCUT2D eigenvalue weighted by Gasteiger charge is 2.39. The van der Waals surface area contributed by atoms with Crippen molar-refractivity contribution >= 4 is 0 Å². The summed E-state index contributed by atoms with van der Waals surface area (Å²) in [6.07, 6.45) is 1.16. The van der Waals surface area contributed by atoms with Gasteiger partial charge in [0.05, 0.1) is 5.54 Å². The molecule has 0 aliphatic carbocycles. The van der Waals surface area contributed by atoms with E-state index in [1.807, 2.05) is 0 Å². The lowest BCUT2D eigenvalue weighted by Crippen LogP contribution is -2.63. The third kappa shape index (κ3) is 3.22. The van der Waals surface area contributed by atoms with Gasteiger partial charge in [-0.1, -0.05) is 0 Å². The topological polar surface area (TPSA) is 47.8 Å². The number of hydrogen-bond acceptors (Lipinski definition) is 5.